The maximum atomic E-state index is 3.53. The van der Waals surface area contributed by atoms with Crippen molar-refractivity contribution >= 4 is 0 Å². The zero-order chi connectivity index (χ0) is 15.3. The van der Waals surface area contributed by atoms with E-state index < -0.39 is 0 Å². The average molecular weight is 287 g/mol. The minimum Gasteiger partial charge on any atom is -0.317 e. The maximum Gasteiger partial charge on any atom is -0.00437 e. The Morgan fingerprint density at radius 3 is 2.19 bits per heavy atom. The lowest BCUT2D eigenvalue weighted by atomic mass is 9.77. The maximum absolute atomic E-state index is 3.53. The summed E-state index contributed by atoms with van der Waals surface area (Å²) in [7, 11) is 0. The minimum atomic E-state index is 0.617. The van der Waals surface area contributed by atoms with Crippen molar-refractivity contribution in [3.05, 3.63) is 34.4 Å². The number of hydrogen-bond acceptors (Lipinski definition) is 1. The van der Waals surface area contributed by atoms with Crippen LogP contribution in [0.15, 0.2) is 12.1 Å². The third kappa shape index (κ3) is 4.32. The molecule has 118 valence electrons. The van der Waals surface area contributed by atoms with Crippen LogP contribution in [0.25, 0.3) is 0 Å². The average Bonchev–Trinajstić information content (AvgIpc) is 2.87. The van der Waals surface area contributed by atoms with E-state index in [1.54, 1.807) is 5.56 Å². The van der Waals surface area contributed by atoms with Crippen LogP contribution >= 0.6 is 0 Å². The van der Waals surface area contributed by atoms with Gasteiger partial charge in [0.2, 0.25) is 0 Å². The Morgan fingerprint density at radius 2 is 1.62 bits per heavy atom. The summed E-state index contributed by atoms with van der Waals surface area (Å²) in [5.41, 5.74) is 6.61. The van der Waals surface area contributed by atoms with Crippen molar-refractivity contribution in [3.63, 3.8) is 0 Å². The quantitative estimate of drug-likeness (QED) is 0.688. The predicted octanol–water partition coefficient (Wildman–Crippen LogP) is 5.10. The normalized spacial score (nSPS) is 17.3. The first-order valence-corrected chi connectivity index (χ1v) is 8.84. The fourth-order valence-electron chi connectivity index (χ4n) is 4.27. The van der Waals surface area contributed by atoms with E-state index in [1.807, 2.05) is 0 Å². The zero-order valence-corrected chi connectivity index (χ0v) is 14.5. The van der Waals surface area contributed by atoms with Crippen LogP contribution in [-0.2, 0) is 6.42 Å². The molecule has 0 aromatic heterocycles. The van der Waals surface area contributed by atoms with E-state index in [0.29, 0.717) is 5.41 Å². The van der Waals surface area contributed by atoms with Gasteiger partial charge in [0, 0.05) is 0 Å². The van der Waals surface area contributed by atoms with E-state index in [-0.39, 0.29) is 0 Å². The Kier molecular flexibility index (Phi) is 5.87. The fraction of sp³-hybridized carbons (Fsp3) is 0.700. The summed E-state index contributed by atoms with van der Waals surface area (Å²) in [5, 5.41) is 3.53. The molecule has 1 aliphatic carbocycles. The molecular formula is C20H33N. The van der Waals surface area contributed by atoms with Crippen LogP contribution in [0, 0.1) is 26.2 Å². The van der Waals surface area contributed by atoms with Gasteiger partial charge in [0.05, 0.1) is 0 Å². The SMILES string of the molecule is CCNCCC1(CCc2c(C)cc(C)cc2C)CCCC1. The number of aryl methyl sites for hydroxylation is 3. The van der Waals surface area contributed by atoms with E-state index >= 15 is 0 Å². The summed E-state index contributed by atoms with van der Waals surface area (Å²) >= 11 is 0. The van der Waals surface area contributed by atoms with Crippen molar-refractivity contribution in [2.75, 3.05) is 13.1 Å². The van der Waals surface area contributed by atoms with Crippen LogP contribution in [0.5, 0.6) is 0 Å². The largest absolute Gasteiger partial charge is 0.317 e. The summed E-state index contributed by atoms with van der Waals surface area (Å²) in [6, 6.07) is 4.70. The van der Waals surface area contributed by atoms with Gasteiger partial charge >= 0.3 is 0 Å². The molecule has 1 N–H and O–H groups in total. The molecule has 0 spiro atoms. The summed E-state index contributed by atoms with van der Waals surface area (Å²) in [6.07, 6.45) is 9.79. The topological polar surface area (TPSA) is 12.0 Å². The van der Waals surface area contributed by atoms with E-state index in [2.05, 4.69) is 45.1 Å². The lowest BCUT2D eigenvalue weighted by molar-refractivity contribution is 0.245. The van der Waals surface area contributed by atoms with Crippen LogP contribution in [0.2, 0.25) is 0 Å². The molecule has 1 saturated carbocycles. The van der Waals surface area contributed by atoms with Crippen LogP contribution in [0.3, 0.4) is 0 Å². The fourth-order valence-corrected chi connectivity index (χ4v) is 4.27. The molecule has 21 heavy (non-hydrogen) atoms. The second kappa shape index (κ2) is 7.45. The second-order valence-electron chi connectivity index (χ2n) is 7.19. The third-order valence-electron chi connectivity index (χ3n) is 5.49. The van der Waals surface area contributed by atoms with Gasteiger partial charge in [0.1, 0.15) is 0 Å². The molecule has 0 bridgehead atoms. The molecule has 0 unspecified atom stereocenters. The highest BCUT2D eigenvalue weighted by molar-refractivity contribution is 5.37. The summed E-state index contributed by atoms with van der Waals surface area (Å²) in [6.45, 7) is 11.3. The van der Waals surface area contributed by atoms with Gasteiger partial charge in [-0.15, -0.1) is 0 Å². The number of rotatable bonds is 7. The molecule has 0 heterocycles. The van der Waals surface area contributed by atoms with Crippen LogP contribution < -0.4 is 5.32 Å². The Labute approximate surface area is 131 Å². The number of nitrogens with one attached hydrogen (secondary N) is 1. The summed E-state index contributed by atoms with van der Waals surface area (Å²) < 4.78 is 0. The van der Waals surface area contributed by atoms with Crippen molar-refractivity contribution in [2.45, 2.75) is 72.6 Å². The molecule has 1 nitrogen and oxygen atoms in total. The highest BCUT2D eigenvalue weighted by Crippen LogP contribution is 2.44. The van der Waals surface area contributed by atoms with Gasteiger partial charge in [0.25, 0.3) is 0 Å². The van der Waals surface area contributed by atoms with Gasteiger partial charge < -0.3 is 5.32 Å². The lowest BCUT2D eigenvalue weighted by Crippen LogP contribution is -2.25. The molecule has 1 aromatic rings. The third-order valence-corrected chi connectivity index (χ3v) is 5.49. The Hall–Kier alpha value is -0.820. The van der Waals surface area contributed by atoms with E-state index in [1.165, 1.54) is 68.2 Å². The van der Waals surface area contributed by atoms with E-state index in [0.717, 1.165) is 6.54 Å². The molecule has 0 saturated heterocycles. The Morgan fingerprint density at radius 1 is 1.00 bits per heavy atom. The van der Waals surface area contributed by atoms with Crippen molar-refractivity contribution in [3.8, 4) is 0 Å². The smallest absolute Gasteiger partial charge is 0.00437 e. The second-order valence-corrected chi connectivity index (χ2v) is 7.19. The molecule has 0 aliphatic heterocycles. The predicted molar refractivity (Wildman–Crippen MR) is 93.0 cm³/mol. The molecule has 0 radical (unpaired) electrons. The first-order chi connectivity index (χ1) is 10.1. The molecule has 1 aromatic carbocycles. The van der Waals surface area contributed by atoms with E-state index in [4.69, 9.17) is 0 Å². The highest BCUT2D eigenvalue weighted by Gasteiger charge is 2.32. The van der Waals surface area contributed by atoms with Gasteiger partial charge in [-0.2, -0.15) is 0 Å². The molecule has 1 fully saturated rings. The van der Waals surface area contributed by atoms with Crippen LogP contribution in [0.4, 0.5) is 0 Å². The zero-order valence-electron chi connectivity index (χ0n) is 14.5. The Balaban J connectivity index is 2.02. The lowest BCUT2D eigenvalue weighted by Gasteiger charge is -2.30. The van der Waals surface area contributed by atoms with E-state index in [9.17, 15) is 0 Å². The number of hydrogen-bond donors (Lipinski definition) is 1. The molecule has 1 heteroatoms. The monoisotopic (exact) mass is 287 g/mol. The van der Waals surface area contributed by atoms with Crippen molar-refractivity contribution in [2.24, 2.45) is 5.41 Å². The van der Waals surface area contributed by atoms with Crippen molar-refractivity contribution in [1.29, 1.82) is 0 Å². The number of benzene rings is 1. The first kappa shape index (κ1) is 16.5. The van der Waals surface area contributed by atoms with Crippen molar-refractivity contribution in [1.82, 2.24) is 5.32 Å². The van der Waals surface area contributed by atoms with Gasteiger partial charge in [-0.3, -0.25) is 0 Å². The summed E-state index contributed by atoms with van der Waals surface area (Å²) in [4.78, 5) is 0. The highest BCUT2D eigenvalue weighted by atomic mass is 14.8. The van der Waals surface area contributed by atoms with Gasteiger partial charge in [-0.1, -0.05) is 37.5 Å². The molecule has 0 amide bonds. The molecule has 1 aliphatic rings. The first-order valence-electron chi connectivity index (χ1n) is 8.84. The van der Waals surface area contributed by atoms with Crippen LogP contribution in [-0.4, -0.2) is 13.1 Å². The van der Waals surface area contributed by atoms with Gasteiger partial charge in [-0.05, 0) is 88.1 Å². The summed E-state index contributed by atoms with van der Waals surface area (Å²) in [5.74, 6) is 0. The molecule has 2 rings (SSSR count). The minimum absolute atomic E-state index is 0.617. The standard InChI is InChI=1S/C20H33N/c1-5-21-13-12-20(9-6-7-10-20)11-8-19-17(3)14-16(2)15-18(19)4/h14-15,21H,5-13H2,1-4H3. The van der Waals surface area contributed by atoms with Crippen LogP contribution in [0.1, 0.15) is 67.7 Å². The van der Waals surface area contributed by atoms with Gasteiger partial charge in [-0.25, -0.2) is 0 Å². The Bertz CT molecular complexity index is 432. The molecule has 0 atom stereocenters. The van der Waals surface area contributed by atoms with Crippen molar-refractivity contribution < 1.29 is 0 Å². The van der Waals surface area contributed by atoms with Gasteiger partial charge in [0.15, 0.2) is 0 Å². The molecular weight excluding hydrogens is 254 g/mol.